The summed E-state index contributed by atoms with van der Waals surface area (Å²) < 4.78 is 16.7. The molecule has 3 aliphatic heterocycles. The van der Waals surface area contributed by atoms with Crippen molar-refractivity contribution in [2.75, 3.05) is 26.4 Å². The van der Waals surface area contributed by atoms with Crippen molar-refractivity contribution in [3.63, 3.8) is 0 Å². The number of hydrogen-bond donors (Lipinski definition) is 1. The fourth-order valence-corrected chi connectivity index (χ4v) is 1.64. The molecule has 3 aliphatic rings. The van der Waals surface area contributed by atoms with Gasteiger partial charge in [0.05, 0.1) is 19.8 Å². The average molecular weight is 187 g/mol. The van der Waals surface area contributed by atoms with Gasteiger partial charge in [-0.2, -0.15) is 0 Å². The molecule has 0 aliphatic carbocycles. The van der Waals surface area contributed by atoms with E-state index in [-0.39, 0.29) is 5.41 Å². The molecule has 76 valence electrons. The number of nitrogens with two attached hydrogens (primary N) is 1. The van der Waals surface area contributed by atoms with Gasteiger partial charge >= 0.3 is 0 Å². The summed E-state index contributed by atoms with van der Waals surface area (Å²) in [6.07, 6.45) is 1.61. The molecule has 13 heavy (non-hydrogen) atoms. The van der Waals surface area contributed by atoms with Crippen molar-refractivity contribution < 1.29 is 14.2 Å². The van der Waals surface area contributed by atoms with Crippen molar-refractivity contribution in [2.24, 2.45) is 11.1 Å². The molecule has 4 heteroatoms. The fourth-order valence-electron chi connectivity index (χ4n) is 1.64. The van der Waals surface area contributed by atoms with Gasteiger partial charge in [0, 0.05) is 11.8 Å². The lowest BCUT2D eigenvalue weighted by molar-refractivity contribution is -0.467. The van der Waals surface area contributed by atoms with Gasteiger partial charge < -0.3 is 19.9 Å². The molecular formula is C9H17NO3. The van der Waals surface area contributed by atoms with Crippen LogP contribution >= 0.6 is 0 Å². The first-order valence-corrected chi connectivity index (χ1v) is 4.80. The summed E-state index contributed by atoms with van der Waals surface area (Å²) >= 11 is 0. The van der Waals surface area contributed by atoms with Crippen molar-refractivity contribution in [3.05, 3.63) is 0 Å². The molecule has 0 amide bonds. The molecule has 4 nitrogen and oxygen atoms in total. The van der Waals surface area contributed by atoms with Gasteiger partial charge in [-0.1, -0.05) is 6.92 Å². The van der Waals surface area contributed by atoms with Crippen LogP contribution in [0, 0.1) is 5.41 Å². The summed E-state index contributed by atoms with van der Waals surface area (Å²) in [6, 6.07) is 0. The van der Waals surface area contributed by atoms with Crippen LogP contribution in [0.2, 0.25) is 0 Å². The Morgan fingerprint density at radius 1 is 1.15 bits per heavy atom. The molecule has 0 aromatic carbocycles. The van der Waals surface area contributed by atoms with Crippen LogP contribution in [0.4, 0.5) is 0 Å². The Kier molecular flexibility index (Phi) is 2.32. The second-order valence-electron chi connectivity index (χ2n) is 4.25. The molecule has 2 N–H and O–H groups in total. The predicted octanol–water partition coefficient (Wildman–Crippen LogP) is 0.462. The molecule has 3 saturated heterocycles. The van der Waals surface area contributed by atoms with Crippen LogP contribution in [-0.2, 0) is 14.2 Å². The van der Waals surface area contributed by atoms with E-state index in [1.807, 2.05) is 0 Å². The topological polar surface area (TPSA) is 53.7 Å². The number of ether oxygens (including phenoxy) is 3. The van der Waals surface area contributed by atoms with Gasteiger partial charge in [-0.25, -0.2) is 0 Å². The Bertz CT molecular complexity index is 165. The van der Waals surface area contributed by atoms with E-state index in [9.17, 15) is 0 Å². The SMILES string of the molecule is CC12COC(CCCN)(OC1)OC2. The highest BCUT2D eigenvalue weighted by Gasteiger charge is 2.49. The molecule has 2 bridgehead atoms. The van der Waals surface area contributed by atoms with Gasteiger partial charge in [-0.05, 0) is 13.0 Å². The molecule has 0 radical (unpaired) electrons. The molecule has 0 aromatic rings. The monoisotopic (exact) mass is 187 g/mol. The van der Waals surface area contributed by atoms with E-state index in [2.05, 4.69) is 6.92 Å². The largest absolute Gasteiger partial charge is 0.330 e. The third-order valence-electron chi connectivity index (χ3n) is 2.61. The Labute approximate surface area is 78.3 Å². The van der Waals surface area contributed by atoms with Gasteiger partial charge in [-0.3, -0.25) is 0 Å². The number of hydrogen-bond acceptors (Lipinski definition) is 4. The summed E-state index contributed by atoms with van der Waals surface area (Å²) in [4.78, 5) is 0. The predicted molar refractivity (Wildman–Crippen MR) is 47.0 cm³/mol. The van der Waals surface area contributed by atoms with Gasteiger partial charge in [0.15, 0.2) is 0 Å². The summed E-state index contributed by atoms with van der Waals surface area (Å²) in [6.45, 7) is 4.96. The molecule has 0 saturated carbocycles. The Morgan fingerprint density at radius 3 is 2.15 bits per heavy atom. The number of rotatable bonds is 3. The molecule has 0 atom stereocenters. The van der Waals surface area contributed by atoms with E-state index >= 15 is 0 Å². The summed E-state index contributed by atoms with van der Waals surface area (Å²) in [7, 11) is 0. The van der Waals surface area contributed by atoms with Gasteiger partial charge in [-0.15, -0.1) is 0 Å². The number of fused-ring (bicyclic) bond motifs is 3. The lowest BCUT2D eigenvalue weighted by Gasteiger charge is -2.50. The van der Waals surface area contributed by atoms with Gasteiger partial charge in [0.2, 0.25) is 0 Å². The van der Waals surface area contributed by atoms with Crippen molar-refractivity contribution in [1.82, 2.24) is 0 Å². The normalized spacial score (nSPS) is 43.8. The van der Waals surface area contributed by atoms with E-state index in [1.165, 1.54) is 0 Å². The van der Waals surface area contributed by atoms with Crippen LogP contribution in [-0.4, -0.2) is 32.3 Å². The van der Waals surface area contributed by atoms with Crippen molar-refractivity contribution in [3.8, 4) is 0 Å². The van der Waals surface area contributed by atoms with E-state index in [4.69, 9.17) is 19.9 Å². The minimum Gasteiger partial charge on any atom is -0.330 e. The zero-order valence-corrected chi connectivity index (χ0v) is 8.04. The zero-order valence-electron chi connectivity index (χ0n) is 8.04. The first-order chi connectivity index (χ1) is 6.18. The summed E-state index contributed by atoms with van der Waals surface area (Å²) in [5.41, 5.74) is 5.49. The minimum atomic E-state index is -0.767. The first kappa shape index (κ1) is 9.40. The molecular weight excluding hydrogens is 170 g/mol. The van der Waals surface area contributed by atoms with Gasteiger partial charge in [0.1, 0.15) is 0 Å². The van der Waals surface area contributed by atoms with Gasteiger partial charge in [0.25, 0.3) is 5.97 Å². The molecule has 3 fully saturated rings. The van der Waals surface area contributed by atoms with Crippen molar-refractivity contribution in [1.29, 1.82) is 0 Å². The Morgan fingerprint density at radius 2 is 1.69 bits per heavy atom. The molecule has 0 aromatic heterocycles. The minimum absolute atomic E-state index is 0.0600. The van der Waals surface area contributed by atoms with E-state index in [0.29, 0.717) is 6.54 Å². The van der Waals surface area contributed by atoms with Crippen LogP contribution < -0.4 is 5.73 Å². The zero-order chi connectivity index (χ0) is 9.36. The second-order valence-corrected chi connectivity index (χ2v) is 4.25. The van der Waals surface area contributed by atoms with Crippen LogP contribution in [0.3, 0.4) is 0 Å². The third kappa shape index (κ3) is 1.72. The lowest BCUT2D eigenvalue weighted by Crippen LogP contribution is -2.58. The lowest BCUT2D eigenvalue weighted by atomic mass is 9.91. The Hall–Kier alpha value is -0.160. The quantitative estimate of drug-likeness (QED) is 0.697. The van der Waals surface area contributed by atoms with Crippen LogP contribution in [0.5, 0.6) is 0 Å². The van der Waals surface area contributed by atoms with Crippen molar-refractivity contribution >= 4 is 0 Å². The average Bonchev–Trinajstić information content (AvgIpc) is 2.18. The summed E-state index contributed by atoms with van der Waals surface area (Å²) in [5.74, 6) is -0.767. The fraction of sp³-hybridized carbons (Fsp3) is 1.00. The Balaban J connectivity index is 1.95. The molecule has 3 rings (SSSR count). The smallest absolute Gasteiger partial charge is 0.282 e. The van der Waals surface area contributed by atoms with E-state index < -0.39 is 5.97 Å². The molecule has 0 spiro atoms. The second kappa shape index (κ2) is 3.20. The standard InChI is InChI=1S/C9H17NO3/c1-8-5-11-9(12-6-8,13-7-8)3-2-4-10/h2-7,10H2,1H3. The maximum absolute atomic E-state index is 5.57. The highest BCUT2D eigenvalue weighted by Crippen LogP contribution is 2.39. The van der Waals surface area contributed by atoms with Crippen LogP contribution in [0.1, 0.15) is 19.8 Å². The molecule has 0 unspecified atom stereocenters. The highest BCUT2D eigenvalue weighted by molar-refractivity contribution is 4.84. The van der Waals surface area contributed by atoms with Crippen LogP contribution in [0.25, 0.3) is 0 Å². The third-order valence-corrected chi connectivity index (χ3v) is 2.61. The summed E-state index contributed by atoms with van der Waals surface area (Å²) in [5, 5.41) is 0. The van der Waals surface area contributed by atoms with E-state index in [0.717, 1.165) is 32.7 Å². The van der Waals surface area contributed by atoms with Crippen molar-refractivity contribution in [2.45, 2.75) is 25.7 Å². The maximum atomic E-state index is 5.57. The maximum Gasteiger partial charge on any atom is 0.282 e. The first-order valence-electron chi connectivity index (χ1n) is 4.80. The molecule has 3 heterocycles. The van der Waals surface area contributed by atoms with E-state index in [1.54, 1.807) is 0 Å². The highest BCUT2D eigenvalue weighted by atomic mass is 16.9. The van der Waals surface area contributed by atoms with Crippen LogP contribution in [0.15, 0.2) is 0 Å².